The molecule has 0 spiro atoms. The molecule has 0 aliphatic carbocycles. The third kappa shape index (κ3) is 6.49. The van der Waals surface area contributed by atoms with E-state index in [-0.39, 0.29) is 18.2 Å². The third-order valence-electron chi connectivity index (χ3n) is 2.99. The zero-order chi connectivity index (χ0) is 17.4. The van der Waals surface area contributed by atoms with Crippen LogP contribution < -0.4 is 15.4 Å². The normalized spacial score (nSPS) is 11.1. The van der Waals surface area contributed by atoms with Gasteiger partial charge in [0.15, 0.2) is 6.61 Å². The predicted octanol–water partition coefficient (Wildman–Crippen LogP) is 3.46. The summed E-state index contributed by atoms with van der Waals surface area (Å²) in [6.45, 7) is -0.914. The number of alkyl halides is 3. The monoisotopic (exact) mass is 358 g/mol. The first-order valence-corrected chi connectivity index (χ1v) is 8.13. The molecule has 2 N–H and O–H groups in total. The second-order valence-corrected chi connectivity index (χ2v) is 5.97. The van der Waals surface area contributed by atoms with Gasteiger partial charge in [0.25, 0.3) is 0 Å². The molecule has 1 heterocycles. The maximum Gasteiger partial charge on any atom is 0.422 e. The van der Waals surface area contributed by atoms with Crippen molar-refractivity contribution in [2.45, 2.75) is 12.6 Å². The van der Waals surface area contributed by atoms with Gasteiger partial charge in [0.05, 0.1) is 12.2 Å². The highest BCUT2D eigenvalue weighted by atomic mass is 32.1. The molecule has 0 unspecified atom stereocenters. The minimum atomic E-state index is -4.41. The summed E-state index contributed by atoms with van der Waals surface area (Å²) in [4.78, 5) is 13.0. The average molecular weight is 358 g/mol. The van der Waals surface area contributed by atoms with Crippen molar-refractivity contribution in [2.75, 3.05) is 25.0 Å². The van der Waals surface area contributed by atoms with Crippen LogP contribution >= 0.6 is 11.3 Å². The van der Waals surface area contributed by atoms with E-state index in [0.717, 1.165) is 6.42 Å². The van der Waals surface area contributed by atoms with E-state index in [4.69, 9.17) is 4.74 Å². The Labute approximate surface area is 141 Å². The highest BCUT2D eigenvalue weighted by molar-refractivity contribution is 7.09. The first-order chi connectivity index (χ1) is 11.4. The first kappa shape index (κ1) is 18.1. The van der Waals surface area contributed by atoms with Gasteiger partial charge in [-0.1, -0.05) is 18.2 Å². The van der Waals surface area contributed by atoms with Gasteiger partial charge in [0.2, 0.25) is 5.91 Å². The number of nitrogens with one attached hydrogen (secondary N) is 2. The van der Waals surface area contributed by atoms with Crippen LogP contribution in [0.2, 0.25) is 0 Å². The van der Waals surface area contributed by atoms with Crippen LogP contribution in [0, 0.1) is 0 Å². The summed E-state index contributed by atoms with van der Waals surface area (Å²) in [5, 5.41) is 7.51. The lowest BCUT2D eigenvalue weighted by Crippen LogP contribution is -2.31. The van der Waals surface area contributed by atoms with Crippen molar-refractivity contribution in [3.05, 3.63) is 46.7 Å². The van der Waals surface area contributed by atoms with E-state index in [1.165, 1.54) is 10.9 Å². The molecule has 1 aromatic carbocycles. The molecule has 0 aliphatic heterocycles. The molecule has 2 aromatic rings. The van der Waals surface area contributed by atoms with Gasteiger partial charge in [-0.05, 0) is 30.0 Å². The maximum atomic E-state index is 12.2. The van der Waals surface area contributed by atoms with Crippen molar-refractivity contribution in [3.8, 4) is 5.75 Å². The van der Waals surface area contributed by atoms with Crippen molar-refractivity contribution in [1.29, 1.82) is 0 Å². The lowest BCUT2D eigenvalue weighted by Gasteiger charge is -2.14. The van der Waals surface area contributed by atoms with Crippen LogP contribution in [0.5, 0.6) is 5.75 Å². The van der Waals surface area contributed by atoms with Gasteiger partial charge in [0, 0.05) is 11.4 Å². The Hall–Kier alpha value is -2.22. The van der Waals surface area contributed by atoms with Crippen molar-refractivity contribution >= 4 is 22.9 Å². The maximum absolute atomic E-state index is 12.2. The molecule has 130 valence electrons. The summed E-state index contributed by atoms with van der Waals surface area (Å²) < 4.78 is 41.4. The zero-order valence-corrected chi connectivity index (χ0v) is 13.5. The molecule has 0 saturated heterocycles. The van der Waals surface area contributed by atoms with E-state index in [9.17, 15) is 18.0 Å². The molecule has 1 amide bonds. The number of rotatable bonds is 8. The second-order valence-electron chi connectivity index (χ2n) is 4.93. The molecule has 8 heteroatoms. The Bertz CT molecular complexity index is 645. The molecular formula is C16H17F3N2O2S. The van der Waals surface area contributed by atoms with Crippen LogP contribution in [0.15, 0.2) is 41.8 Å². The highest BCUT2D eigenvalue weighted by Crippen LogP contribution is 2.26. The van der Waals surface area contributed by atoms with Crippen molar-refractivity contribution in [2.24, 2.45) is 0 Å². The molecule has 2 rings (SSSR count). The van der Waals surface area contributed by atoms with Gasteiger partial charge >= 0.3 is 6.18 Å². The highest BCUT2D eigenvalue weighted by Gasteiger charge is 2.28. The molecule has 1 aromatic heterocycles. The quantitative estimate of drug-likeness (QED) is 0.760. The molecule has 0 fully saturated rings. The number of thiophene rings is 1. The van der Waals surface area contributed by atoms with E-state index >= 15 is 0 Å². The lowest BCUT2D eigenvalue weighted by atomic mass is 10.3. The van der Waals surface area contributed by atoms with Crippen LogP contribution in [0.25, 0.3) is 0 Å². The molecule has 0 radical (unpaired) electrons. The number of halogens is 3. The molecule has 4 nitrogen and oxygen atoms in total. The predicted molar refractivity (Wildman–Crippen MR) is 87.5 cm³/mol. The number of anilines is 1. The number of benzene rings is 1. The van der Waals surface area contributed by atoms with Crippen LogP contribution in [0.3, 0.4) is 0 Å². The van der Waals surface area contributed by atoms with E-state index in [0.29, 0.717) is 12.2 Å². The fourth-order valence-corrected chi connectivity index (χ4v) is 2.63. The zero-order valence-electron chi connectivity index (χ0n) is 12.7. The molecular weight excluding hydrogens is 341 g/mol. The topological polar surface area (TPSA) is 50.4 Å². The number of carbonyl (C=O) groups is 1. The number of amides is 1. The molecule has 0 saturated carbocycles. The van der Waals surface area contributed by atoms with Crippen molar-refractivity contribution in [1.82, 2.24) is 5.32 Å². The van der Waals surface area contributed by atoms with Gasteiger partial charge in [0.1, 0.15) is 5.75 Å². The minimum Gasteiger partial charge on any atom is -0.482 e. The number of carbonyl (C=O) groups excluding carboxylic acids is 1. The van der Waals surface area contributed by atoms with Crippen molar-refractivity contribution < 1.29 is 22.7 Å². The summed E-state index contributed by atoms with van der Waals surface area (Å²) >= 11 is 1.62. The molecule has 0 bridgehead atoms. The summed E-state index contributed by atoms with van der Waals surface area (Å²) in [7, 11) is 0. The number of hydrogen-bond acceptors (Lipinski definition) is 4. The Kier molecular flexibility index (Phi) is 6.48. The van der Waals surface area contributed by atoms with Gasteiger partial charge in [-0.25, -0.2) is 0 Å². The lowest BCUT2D eigenvalue weighted by molar-refractivity contribution is -0.153. The van der Waals surface area contributed by atoms with E-state index < -0.39 is 12.8 Å². The Morgan fingerprint density at radius 2 is 1.96 bits per heavy atom. The summed E-state index contributed by atoms with van der Waals surface area (Å²) in [6.07, 6.45) is -3.67. The van der Waals surface area contributed by atoms with E-state index in [1.807, 2.05) is 17.5 Å². The first-order valence-electron chi connectivity index (χ1n) is 7.25. The van der Waals surface area contributed by atoms with Gasteiger partial charge in [-0.15, -0.1) is 11.3 Å². The molecule has 0 aliphatic rings. The summed E-state index contributed by atoms with van der Waals surface area (Å²) in [5.74, 6) is -0.182. The number of hydrogen-bond donors (Lipinski definition) is 2. The summed E-state index contributed by atoms with van der Waals surface area (Å²) in [5.41, 5.74) is 0.343. The second kappa shape index (κ2) is 8.58. The SMILES string of the molecule is O=C(CNc1ccccc1OCC(F)(F)F)NCCc1cccs1. The van der Waals surface area contributed by atoms with Crippen LogP contribution in [-0.2, 0) is 11.2 Å². The smallest absolute Gasteiger partial charge is 0.422 e. The van der Waals surface area contributed by atoms with Crippen LogP contribution in [0.4, 0.5) is 18.9 Å². The van der Waals surface area contributed by atoms with Gasteiger partial charge < -0.3 is 15.4 Å². The van der Waals surface area contributed by atoms with Crippen LogP contribution in [-0.4, -0.2) is 31.8 Å². The summed E-state index contributed by atoms with van der Waals surface area (Å²) in [6, 6.07) is 10.1. The fourth-order valence-electron chi connectivity index (χ4n) is 1.92. The Morgan fingerprint density at radius 1 is 1.17 bits per heavy atom. The van der Waals surface area contributed by atoms with Crippen LogP contribution in [0.1, 0.15) is 4.88 Å². The van der Waals surface area contributed by atoms with Gasteiger partial charge in [-0.2, -0.15) is 13.2 Å². The average Bonchev–Trinajstić information content (AvgIpc) is 3.04. The van der Waals surface area contributed by atoms with Crippen molar-refractivity contribution in [3.63, 3.8) is 0 Å². The third-order valence-corrected chi connectivity index (χ3v) is 3.93. The number of ether oxygens (including phenoxy) is 1. The van der Waals surface area contributed by atoms with E-state index in [2.05, 4.69) is 10.6 Å². The Balaban J connectivity index is 1.77. The molecule has 24 heavy (non-hydrogen) atoms. The molecule has 0 atom stereocenters. The van der Waals surface area contributed by atoms with E-state index in [1.54, 1.807) is 29.5 Å². The fraction of sp³-hybridized carbons (Fsp3) is 0.312. The van der Waals surface area contributed by atoms with Gasteiger partial charge in [-0.3, -0.25) is 4.79 Å². The Morgan fingerprint density at radius 3 is 2.67 bits per heavy atom. The number of para-hydroxylation sites is 2. The largest absolute Gasteiger partial charge is 0.482 e. The standard InChI is InChI=1S/C16H17F3N2O2S/c17-16(18,19)11-23-14-6-2-1-5-13(14)21-10-15(22)20-8-7-12-4-3-9-24-12/h1-6,9,21H,7-8,10-11H2,(H,20,22). The minimum absolute atomic E-state index is 0.0448.